The second-order valence-corrected chi connectivity index (χ2v) is 4.71. The largest absolute Gasteiger partial charge is 0.396 e. The molecule has 6 heteroatoms. The number of anilines is 1. The van der Waals surface area contributed by atoms with Gasteiger partial charge in [0.05, 0.1) is 4.92 Å². The highest BCUT2D eigenvalue weighted by Gasteiger charge is 2.31. The fourth-order valence-electron chi connectivity index (χ4n) is 2.07. The molecule has 1 saturated carbocycles. The molecule has 0 amide bonds. The number of nitrogens with one attached hydrogen (secondary N) is 1. The highest BCUT2D eigenvalue weighted by Crippen LogP contribution is 2.35. The van der Waals surface area contributed by atoms with Gasteiger partial charge < -0.3 is 10.4 Å². The summed E-state index contributed by atoms with van der Waals surface area (Å²) in [6, 6.07) is 1.90. The van der Waals surface area contributed by atoms with Crippen LogP contribution in [0.5, 0.6) is 0 Å². The first-order chi connectivity index (χ1) is 8.61. The van der Waals surface area contributed by atoms with Crippen molar-refractivity contribution in [3.63, 3.8) is 0 Å². The third-order valence-corrected chi connectivity index (χ3v) is 3.24. The molecule has 98 valence electrons. The van der Waals surface area contributed by atoms with Gasteiger partial charge >= 0.3 is 0 Å². The zero-order chi connectivity index (χ0) is 13.1. The highest BCUT2D eigenvalue weighted by molar-refractivity contribution is 5.47. The van der Waals surface area contributed by atoms with Crippen LogP contribution in [0.15, 0.2) is 12.3 Å². The van der Waals surface area contributed by atoms with Crippen molar-refractivity contribution < 1.29 is 10.0 Å². The summed E-state index contributed by atoms with van der Waals surface area (Å²) < 4.78 is 0. The van der Waals surface area contributed by atoms with Gasteiger partial charge in [0, 0.05) is 18.2 Å². The Kier molecular flexibility index (Phi) is 3.76. The minimum atomic E-state index is -0.432. The van der Waals surface area contributed by atoms with Crippen LogP contribution in [0, 0.1) is 23.0 Å². The predicted molar refractivity (Wildman–Crippen MR) is 67.5 cm³/mol. The van der Waals surface area contributed by atoms with Crippen molar-refractivity contribution in [2.24, 2.45) is 5.92 Å². The molecule has 1 heterocycles. The molecule has 18 heavy (non-hydrogen) atoms. The summed E-state index contributed by atoms with van der Waals surface area (Å²) >= 11 is 0. The van der Waals surface area contributed by atoms with E-state index in [2.05, 4.69) is 10.3 Å². The minimum absolute atomic E-state index is 0.0330. The second-order valence-electron chi connectivity index (χ2n) is 4.71. The van der Waals surface area contributed by atoms with Crippen LogP contribution < -0.4 is 5.32 Å². The first-order valence-corrected chi connectivity index (χ1v) is 6.10. The molecule has 0 saturated heterocycles. The quantitative estimate of drug-likeness (QED) is 0.595. The molecular weight excluding hydrogens is 234 g/mol. The Balaban J connectivity index is 2.08. The Hall–Kier alpha value is -1.69. The van der Waals surface area contributed by atoms with Crippen LogP contribution >= 0.6 is 0 Å². The van der Waals surface area contributed by atoms with Gasteiger partial charge in [-0.2, -0.15) is 0 Å². The van der Waals surface area contributed by atoms with Crippen LogP contribution in [-0.4, -0.2) is 27.7 Å². The maximum atomic E-state index is 10.7. The van der Waals surface area contributed by atoms with Gasteiger partial charge in [0.2, 0.25) is 0 Å². The second kappa shape index (κ2) is 5.30. The molecule has 0 radical (unpaired) electrons. The summed E-state index contributed by atoms with van der Waals surface area (Å²) in [6.07, 6.45) is 4.30. The summed E-state index contributed by atoms with van der Waals surface area (Å²) in [6.45, 7) is 1.84. The molecule has 0 bridgehead atoms. The summed E-state index contributed by atoms with van der Waals surface area (Å²) in [5.41, 5.74) is 0.627. The van der Waals surface area contributed by atoms with Gasteiger partial charge in [-0.15, -0.1) is 0 Å². The third-order valence-electron chi connectivity index (χ3n) is 3.24. The number of aliphatic hydroxyl groups excluding tert-OH is 1. The van der Waals surface area contributed by atoms with E-state index < -0.39 is 4.92 Å². The number of nitro groups is 1. The van der Waals surface area contributed by atoms with Crippen molar-refractivity contribution in [2.45, 2.75) is 32.2 Å². The zero-order valence-corrected chi connectivity index (χ0v) is 10.3. The Labute approximate surface area is 105 Å². The zero-order valence-electron chi connectivity index (χ0n) is 10.3. The number of hydrogen-bond donors (Lipinski definition) is 2. The molecular formula is C12H17N3O3. The van der Waals surface area contributed by atoms with Crippen LogP contribution in [0.3, 0.4) is 0 Å². The van der Waals surface area contributed by atoms with Crippen LogP contribution in [-0.2, 0) is 0 Å². The van der Waals surface area contributed by atoms with Gasteiger partial charge in [-0.25, -0.2) is 4.98 Å². The van der Waals surface area contributed by atoms with Gasteiger partial charge in [0.25, 0.3) is 5.69 Å². The molecule has 1 aliphatic carbocycles. The number of hydrogen-bond acceptors (Lipinski definition) is 5. The van der Waals surface area contributed by atoms with Gasteiger partial charge in [-0.3, -0.25) is 10.1 Å². The summed E-state index contributed by atoms with van der Waals surface area (Å²) in [7, 11) is 0. The molecule has 2 N–H and O–H groups in total. The average Bonchev–Trinajstić information content (AvgIpc) is 3.11. The van der Waals surface area contributed by atoms with Gasteiger partial charge in [-0.05, 0) is 38.2 Å². The lowest BCUT2D eigenvalue weighted by atomic mass is 10.1. The Morgan fingerprint density at radius 2 is 2.39 bits per heavy atom. The number of aryl methyl sites for hydroxylation is 1. The van der Waals surface area contributed by atoms with Crippen molar-refractivity contribution >= 4 is 11.5 Å². The van der Waals surface area contributed by atoms with Crippen LogP contribution in [0.25, 0.3) is 0 Å². The maximum Gasteiger partial charge on any atom is 0.290 e. The Morgan fingerprint density at radius 1 is 1.67 bits per heavy atom. The van der Waals surface area contributed by atoms with E-state index in [0.29, 0.717) is 23.7 Å². The molecule has 2 rings (SSSR count). The number of aliphatic hydroxyl groups is 1. The molecule has 1 aromatic heterocycles. The Morgan fingerprint density at radius 3 is 2.89 bits per heavy atom. The van der Waals surface area contributed by atoms with E-state index >= 15 is 0 Å². The predicted octanol–water partition coefficient (Wildman–Crippen LogP) is 1.87. The molecule has 0 aromatic carbocycles. The van der Waals surface area contributed by atoms with E-state index in [1.54, 1.807) is 13.0 Å². The SMILES string of the molecule is Cc1cc(NC(CCO)C2CC2)ncc1[N+](=O)[O-]. The third kappa shape index (κ3) is 2.95. The summed E-state index contributed by atoms with van der Waals surface area (Å²) in [5, 5.41) is 23.0. The lowest BCUT2D eigenvalue weighted by Crippen LogP contribution is -2.23. The topological polar surface area (TPSA) is 88.3 Å². The number of nitrogens with zero attached hydrogens (tertiary/aromatic N) is 2. The molecule has 0 spiro atoms. The Bertz CT molecular complexity index is 446. The van der Waals surface area contributed by atoms with Gasteiger partial charge in [0.15, 0.2) is 0 Å². The van der Waals surface area contributed by atoms with Crippen LogP contribution in [0.1, 0.15) is 24.8 Å². The number of pyridine rings is 1. The van der Waals surface area contributed by atoms with Crippen molar-refractivity contribution in [1.82, 2.24) is 4.98 Å². The molecule has 0 aliphatic heterocycles. The van der Waals surface area contributed by atoms with Crippen LogP contribution in [0.2, 0.25) is 0 Å². The van der Waals surface area contributed by atoms with Crippen molar-refractivity contribution in [2.75, 3.05) is 11.9 Å². The first-order valence-electron chi connectivity index (χ1n) is 6.10. The molecule has 1 aromatic rings. The van der Waals surface area contributed by atoms with Crippen molar-refractivity contribution in [1.29, 1.82) is 0 Å². The van der Waals surface area contributed by atoms with Gasteiger partial charge in [-0.1, -0.05) is 0 Å². The lowest BCUT2D eigenvalue weighted by Gasteiger charge is -2.17. The molecule has 1 aliphatic rings. The number of aromatic nitrogens is 1. The maximum absolute atomic E-state index is 10.7. The van der Waals surface area contributed by atoms with Gasteiger partial charge in [0.1, 0.15) is 12.0 Å². The van der Waals surface area contributed by atoms with E-state index in [9.17, 15) is 10.1 Å². The van der Waals surface area contributed by atoms with E-state index in [1.165, 1.54) is 19.0 Å². The lowest BCUT2D eigenvalue weighted by molar-refractivity contribution is -0.385. The standard InChI is InChI=1S/C12H17N3O3/c1-8-6-12(13-7-11(8)15(17)18)14-10(4-5-16)9-2-3-9/h6-7,9-10,16H,2-5H2,1H3,(H,13,14). The monoisotopic (exact) mass is 251 g/mol. The van der Waals surface area contributed by atoms with E-state index in [-0.39, 0.29) is 18.3 Å². The van der Waals surface area contributed by atoms with E-state index in [4.69, 9.17) is 5.11 Å². The number of rotatable bonds is 6. The average molecular weight is 251 g/mol. The van der Waals surface area contributed by atoms with Crippen LogP contribution in [0.4, 0.5) is 11.5 Å². The fourth-order valence-corrected chi connectivity index (χ4v) is 2.07. The first kappa shape index (κ1) is 12.8. The highest BCUT2D eigenvalue weighted by atomic mass is 16.6. The summed E-state index contributed by atoms with van der Waals surface area (Å²) in [4.78, 5) is 14.3. The van der Waals surface area contributed by atoms with Crippen molar-refractivity contribution in [3.8, 4) is 0 Å². The molecule has 1 unspecified atom stereocenters. The van der Waals surface area contributed by atoms with E-state index in [0.717, 1.165) is 0 Å². The molecule has 1 fully saturated rings. The fraction of sp³-hybridized carbons (Fsp3) is 0.583. The molecule has 1 atom stereocenters. The van der Waals surface area contributed by atoms with Crippen molar-refractivity contribution in [3.05, 3.63) is 27.9 Å². The summed E-state index contributed by atoms with van der Waals surface area (Å²) in [5.74, 6) is 1.23. The molecule has 6 nitrogen and oxygen atoms in total. The smallest absolute Gasteiger partial charge is 0.290 e. The minimum Gasteiger partial charge on any atom is -0.396 e. The van der Waals surface area contributed by atoms with E-state index in [1.807, 2.05) is 0 Å². The normalized spacial score (nSPS) is 16.3.